The van der Waals surface area contributed by atoms with Crippen molar-refractivity contribution in [3.8, 4) is 11.1 Å². The van der Waals surface area contributed by atoms with E-state index in [1.165, 1.54) is 23.1 Å². The highest BCUT2D eigenvalue weighted by molar-refractivity contribution is 8.00. The van der Waals surface area contributed by atoms with Gasteiger partial charge in [-0.1, -0.05) is 77.7 Å². The van der Waals surface area contributed by atoms with Crippen molar-refractivity contribution in [2.24, 2.45) is 0 Å². The van der Waals surface area contributed by atoms with E-state index in [-0.39, 0.29) is 17.6 Å². The summed E-state index contributed by atoms with van der Waals surface area (Å²) in [7, 11) is 0. The molecule has 0 saturated carbocycles. The van der Waals surface area contributed by atoms with Gasteiger partial charge in [-0.2, -0.15) is 0 Å². The summed E-state index contributed by atoms with van der Waals surface area (Å²) < 4.78 is 7.83. The monoisotopic (exact) mass is 436 g/mol. The van der Waals surface area contributed by atoms with Gasteiger partial charge in [-0.05, 0) is 29.9 Å². The predicted octanol–water partition coefficient (Wildman–Crippen LogP) is 5.07. The van der Waals surface area contributed by atoms with E-state index in [1.807, 2.05) is 41.2 Å². The first-order valence-corrected chi connectivity index (χ1v) is 11.5. The van der Waals surface area contributed by atoms with Crippen LogP contribution >= 0.6 is 23.1 Å². The fraction of sp³-hybridized carbons (Fsp3) is 0.174. The molecule has 2 aromatic carbocycles. The SMILES string of the molecule is CCOC(=O)c1cn(Cc2ccccc2-c2ccccc2)c2sc(SC)nc2c1=O. The van der Waals surface area contributed by atoms with Crippen molar-refractivity contribution in [1.29, 1.82) is 0 Å². The van der Waals surface area contributed by atoms with E-state index in [0.29, 0.717) is 12.1 Å². The summed E-state index contributed by atoms with van der Waals surface area (Å²) in [5.41, 5.74) is 3.25. The lowest BCUT2D eigenvalue weighted by atomic mass is 9.99. The van der Waals surface area contributed by atoms with Crippen LogP contribution in [-0.4, -0.2) is 28.4 Å². The smallest absolute Gasteiger partial charge is 0.343 e. The van der Waals surface area contributed by atoms with Crippen LogP contribution in [0.5, 0.6) is 0 Å². The van der Waals surface area contributed by atoms with Gasteiger partial charge in [0.05, 0.1) is 6.61 Å². The van der Waals surface area contributed by atoms with E-state index in [1.54, 1.807) is 13.1 Å². The predicted molar refractivity (Wildman–Crippen MR) is 123 cm³/mol. The van der Waals surface area contributed by atoms with E-state index in [2.05, 4.69) is 29.2 Å². The van der Waals surface area contributed by atoms with E-state index >= 15 is 0 Å². The van der Waals surface area contributed by atoms with E-state index < -0.39 is 5.97 Å². The van der Waals surface area contributed by atoms with Gasteiger partial charge in [-0.15, -0.1) is 0 Å². The highest BCUT2D eigenvalue weighted by Gasteiger charge is 2.20. The quantitative estimate of drug-likeness (QED) is 0.312. The second-order valence-electron chi connectivity index (χ2n) is 6.58. The molecule has 0 fully saturated rings. The topological polar surface area (TPSA) is 61.2 Å². The van der Waals surface area contributed by atoms with Gasteiger partial charge in [0.2, 0.25) is 5.43 Å². The lowest BCUT2D eigenvalue weighted by Crippen LogP contribution is -2.21. The van der Waals surface area contributed by atoms with Crippen LogP contribution in [0.4, 0.5) is 0 Å². The molecule has 7 heteroatoms. The Kier molecular flexibility index (Phi) is 6.01. The molecule has 2 heterocycles. The van der Waals surface area contributed by atoms with Crippen molar-refractivity contribution in [3.63, 3.8) is 0 Å². The number of rotatable bonds is 6. The van der Waals surface area contributed by atoms with Crippen LogP contribution in [0.1, 0.15) is 22.8 Å². The molecule has 5 nitrogen and oxygen atoms in total. The van der Waals surface area contributed by atoms with Crippen molar-refractivity contribution in [2.75, 3.05) is 12.9 Å². The number of thiazole rings is 1. The normalized spacial score (nSPS) is 11.0. The van der Waals surface area contributed by atoms with Crippen LogP contribution in [0, 0.1) is 0 Å². The molecule has 0 radical (unpaired) electrons. The van der Waals surface area contributed by atoms with Crippen LogP contribution in [0.25, 0.3) is 21.5 Å². The van der Waals surface area contributed by atoms with Crippen LogP contribution < -0.4 is 5.43 Å². The number of benzene rings is 2. The molecule has 0 spiro atoms. The summed E-state index contributed by atoms with van der Waals surface area (Å²) in [5, 5.41) is 0. The molecule has 0 N–H and O–H groups in total. The van der Waals surface area contributed by atoms with Gasteiger partial charge in [0, 0.05) is 12.7 Å². The molecule has 0 saturated heterocycles. The third-order valence-corrected chi connectivity index (χ3v) is 6.79. The highest BCUT2D eigenvalue weighted by Crippen LogP contribution is 2.29. The first-order chi connectivity index (χ1) is 14.6. The van der Waals surface area contributed by atoms with E-state index in [9.17, 15) is 9.59 Å². The Morgan fingerprint density at radius 2 is 1.87 bits per heavy atom. The van der Waals surface area contributed by atoms with Crippen molar-refractivity contribution in [3.05, 3.63) is 82.1 Å². The zero-order valence-corrected chi connectivity index (χ0v) is 18.3. The fourth-order valence-electron chi connectivity index (χ4n) is 3.34. The number of nitrogens with zero attached hydrogens (tertiary/aromatic N) is 2. The minimum Gasteiger partial charge on any atom is -0.462 e. The van der Waals surface area contributed by atoms with Crippen molar-refractivity contribution in [2.45, 2.75) is 17.8 Å². The van der Waals surface area contributed by atoms with E-state index in [4.69, 9.17) is 4.74 Å². The molecule has 0 bridgehead atoms. The molecule has 0 aliphatic rings. The molecule has 0 atom stereocenters. The average molecular weight is 437 g/mol. The lowest BCUT2D eigenvalue weighted by Gasteiger charge is -2.14. The molecule has 2 aromatic heterocycles. The number of carbonyl (C=O) groups excluding carboxylic acids is 1. The van der Waals surface area contributed by atoms with Gasteiger partial charge in [0.1, 0.15) is 15.9 Å². The van der Waals surface area contributed by atoms with Gasteiger partial charge in [-0.25, -0.2) is 9.78 Å². The molecular weight excluding hydrogens is 416 g/mol. The van der Waals surface area contributed by atoms with Crippen LogP contribution in [0.3, 0.4) is 0 Å². The molecule has 0 aliphatic heterocycles. The summed E-state index contributed by atoms with van der Waals surface area (Å²) in [6.07, 6.45) is 3.52. The van der Waals surface area contributed by atoms with Gasteiger partial charge in [-0.3, -0.25) is 4.79 Å². The molecule has 0 unspecified atom stereocenters. The third kappa shape index (κ3) is 3.91. The minimum atomic E-state index is -0.617. The molecule has 0 amide bonds. The standard InChI is InChI=1S/C23H20N2O3S2/c1-3-28-22(27)18-14-25(21-19(20(18)26)24-23(29-2)30-21)13-16-11-7-8-12-17(16)15-9-5-4-6-10-15/h4-12,14H,3,13H2,1-2H3. The van der Waals surface area contributed by atoms with Crippen molar-refractivity contribution in [1.82, 2.24) is 9.55 Å². The summed E-state index contributed by atoms with van der Waals surface area (Å²) >= 11 is 2.94. The molecule has 0 aliphatic carbocycles. The van der Waals surface area contributed by atoms with Crippen LogP contribution in [0.15, 0.2) is 69.9 Å². The van der Waals surface area contributed by atoms with Crippen molar-refractivity contribution >= 4 is 39.4 Å². The Balaban J connectivity index is 1.88. The second kappa shape index (κ2) is 8.85. The number of thioether (sulfide) groups is 1. The van der Waals surface area contributed by atoms with Crippen molar-refractivity contribution < 1.29 is 9.53 Å². The maximum absolute atomic E-state index is 12.9. The number of carbonyl (C=O) groups is 1. The third-order valence-electron chi connectivity index (χ3n) is 4.71. The first-order valence-electron chi connectivity index (χ1n) is 9.50. The summed E-state index contributed by atoms with van der Waals surface area (Å²) in [6.45, 7) is 2.43. The highest BCUT2D eigenvalue weighted by atomic mass is 32.2. The Bertz CT molecular complexity index is 1260. The number of ether oxygens (including phenoxy) is 1. The van der Waals surface area contributed by atoms with Gasteiger partial charge < -0.3 is 9.30 Å². The Labute approximate surface area is 182 Å². The molecule has 4 rings (SSSR count). The summed E-state index contributed by atoms with van der Waals surface area (Å²) in [4.78, 5) is 30.5. The first kappa shape index (κ1) is 20.4. The molecule has 4 aromatic rings. The number of esters is 1. The molecule has 152 valence electrons. The number of hydrogen-bond donors (Lipinski definition) is 0. The Hall–Kier alpha value is -2.90. The number of fused-ring (bicyclic) bond motifs is 1. The number of pyridine rings is 1. The van der Waals surface area contributed by atoms with Crippen LogP contribution in [-0.2, 0) is 11.3 Å². The zero-order valence-electron chi connectivity index (χ0n) is 16.6. The van der Waals surface area contributed by atoms with Gasteiger partial charge >= 0.3 is 5.97 Å². The zero-order chi connectivity index (χ0) is 21.1. The summed E-state index contributed by atoms with van der Waals surface area (Å²) in [6, 6.07) is 18.3. The minimum absolute atomic E-state index is 0.0134. The number of hydrogen-bond acceptors (Lipinski definition) is 6. The summed E-state index contributed by atoms with van der Waals surface area (Å²) in [5.74, 6) is -0.617. The Morgan fingerprint density at radius 1 is 1.13 bits per heavy atom. The maximum Gasteiger partial charge on any atom is 0.343 e. The average Bonchev–Trinajstić information content (AvgIpc) is 3.22. The lowest BCUT2D eigenvalue weighted by molar-refractivity contribution is 0.0524. The van der Waals surface area contributed by atoms with Gasteiger partial charge in [0.15, 0.2) is 4.34 Å². The fourth-order valence-corrected chi connectivity index (χ4v) is 4.86. The second-order valence-corrected chi connectivity index (χ2v) is 8.61. The van der Waals surface area contributed by atoms with Crippen LogP contribution in [0.2, 0.25) is 0 Å². The molecular formula is C23H20N2O3S2. The Morgan fingerprint density at radius 3 is 2.60 bits per heavy atom. The largest absolute Gasteiger partial charge is 0.462 e. The van der Waals surface area contributed by atoms with E-state index in [0.717, 1.165) is 25.9 Å². The maximum atomic E-state index is 12.9. The number of aromatic nitrogens is 2. The van der Waals surface area contributed by atoms with Gasteiger partial charge in [0.25, 0.3) is 0 Å². The molecule has 30 heavy (non-hydrogen) atoms.